The second kappa shape index (κ2) is 2.30. The Hall–Kier alpha value is -1.91. The Bertz CT molecular complexity index is 435. The SMILES string of the molecule is O=[N+]([O-])c1ccnc2ccoc12. The van der Waals surface area contributed by atoms with Crippen molar-refractivity contribution in [1.29, 1.82) is 0 Å². The molecule has 0 aliphatic rings. The Morgan fingerprint density at radius 2 is 2.33 bits per heavy atom. The van der Waals surface area contributed by atoms with Gasteiger partial charge in [-0.05, 0) is 0 Å². The summed E-state index contributed by atoms with van der Waals surface area (Å²) in [5.74, 6) is 0. The highest BCUT2D eigenvalue weighted by atomic mass is 16.6. The number of rotatable bonds is 1. The molecule has 0 aromatic carbocycles. The van der Waals surface area contributed by atoms with Crippen LogP contribution in [0.5, 0.6) is 0 Å². The standard InChI is InChI=1S/C7H4N2O3/c10-9(11)6-1-3-8-5-2-4-12-7(5)6/h1-4H. The lowest BCUT2D eigenvalue weighted by atomic mass is 10.3. The monoisotopic (exact) mass is 164 g/mol. The van der Waals surface area contributed by atoms with Crippen LogP contribution >= 0.6 is 0 Å². The molecule has 0 saturated carbocycles. The molecule has 2 heterocycles. The van der Waals surface area contributed by atoms with Gasteiger partial charge in [0.1, 0.15) is 5.52 Å². The van der Waals surface area contributed by atoms with E-state index in [0.717, 1.165) is 0 Å². The zero-order valence-corrected chi connectivity index (χ0v) is 5.93. The molecule has 0 bridgehead atoms. The first kappa shape index (κ1) is 6.78. The summed E-state index contributed by atoms with van der Waals surface area (Å²) in [5.41, 5.74) is 0.678. The third-order valence-corrected chi connectivity index (χ3v) is 1.52. The van der Waals surface area contributed by atoms with E-state index in [1.165, 1.54) is 18.5 Å². The Labute approximate surface area is 66.8 Å². The van der Waals surface area contributed by atoms with Crippen molar-refractivity contribution in [3.05, 3.63) is 34.7 Å². The van der Waals surface area contributed by atoms with E-state index in [2.05, 4.69) is 4.98 Å². The van der Waals surface area contributed by atoms with Crippen LogP contribution in [0.15, 0.2) is 29.0 Å². The van der Waals surface area contributed by atoms with E-state index in [1.807, 2.05) is 0 Å². The van der Waals surface area contributed by atoms with Crippen molar-refractivity contribution in [3.63, 3.8) is 0 Å². The van der Waals surface area contributed by atoms with Gasteiger partial charge in [0, 0.05) is 18.3 Å². The van der Waals surface area contributed by atoms with Crippen molar-refractivity contribution in [2.45, 2.75) is 0 Å². The number of nitro groups is 1. The molecule has 0 radical (unpaired) electrons. The Morgan fingerprint density at radius 3 is 3.08 bits per heavy atom. The molecule has 5 heteroatoms. The van der Waals surface area contributed by atoms with Gasteiger partial charge in [0.15, 0.2) is 0 Å². The van der Waals surface area contributed by atoms with E-state index in [-0.39, 0.29) is 11.3 Å². The number of hydrogen-bond donors (Lipinski definition) is 0. The summed E-state index contributed by atoms with van der Waals surface area (Å²) >= 11 is 0. The van der Waals surface area contributed by atoms with Gasteiger partial charge in [0.25, 0.3) is 0 Å². The van der Waals surface area contributed by atoms with Crippen molar-refractivity contribution in [2.24, 2.45) is 0 Å². The van der Waals surface area contributed by atoms with Gasteiger partial charge in [0.05, 0.1) is 11.2 Å². The van der Waals surface area contributed by atoms with Gasteiger partial charge in [-0.3, -0.25) is 15.1 Å². The second-order valence-corrected chi connectivity index (χ2v) is 2.22. The Balaban J connectivity index is 2.82. The van der Waals surface area contributed by atoms with Crippen LogP contribution in [0.1, 0.15) is 0 Å². The lowest BCUT2D eigenvalue weighted by molar-refractivity contribution is -0.383. The van der Waals surface area contributed by atoms with Gasteiger partial charge in [-0.2, -0.15) is 0 Å². The number of nitrogens with zero attached hydrogens (tertiary/aromatic N) is 2. The molecule has 0 aliphatic heterocycles. The minimum Gasteiger partial charge on any atom is -0.455 e. The highest BCUT2D eigenvalue weighted by Crippen LogP contribution is 2.23. The molecule has 2 aromatic rings. The zero-order valence-electron chi connectivity index (χ0n) is 5.93. The van der Waals surface area contributed by atoms with Crippen molar-refractivity contribution in [3.8, 4) is 0 Å². The summed E-state index contributed by atoms with van der Waals surface area (Å²) in [6, 6.07) is 2.90. The first-order chi connectivity index (χ1) is 5.79. The van der Waals surface area contributed by atoms with Crippen molar-refractivity contribution >= 4 is 16.8 Å². The summed E-state index contributed by atoms with van der Waals surface area (Å²) in [4.78, 5) is 13.8. The van der Waals surface area contributed by atoms with E-state index < -0.39 is 4.92 Å². The second-order valence-electron chi connectivity index (χ2n) is 2.22. The molecule has 0 saturated heterocycles. The minimum absolute atomic E-state index is 0.0509. The van der Waals surface area contributed by atoms with E-state index >= 15 is 0 Å². The number of furan rings is 1. The lowest BCUT2D eigenvalue weighted by Gasteiger charge is -1.89. The third-order valence-electron chi connectivity index (χ3n) is 1.52. The van der Waals surface area contributed by atoms with Crippen LogP contribution in [0, 0.1) is 10.1 Å². The zero-order chi connectivity index (χ0) is 8.55. The maximum atomic E-state index is 10.4. The molecule has 0 spiro atoms. The molecule has 12 heavy (non-hydrogen) atoms. The van der Waals surface area contributed by atoms with E-state index in [9.17, 15) is 10.1 Å². The molecule has 0 amide bonds. The average Bonchev–Trinajstić information content (AvgIpc) is 2.49. The van der Waals surface area contributed by atoms with Gasteiger partial charge in [0.2, 0.25) is 5.58 Å². The molecule has 0 fully saturated rings. The number of pyridine rings is 1. The summed E-state index contributed by atoms with van der Waals surface area (Å²) in [5, 5.41) is 10.4. The summed E-state index contributed by atoms with van der Waals surface area (Å²) < 4.78 is 4.91. The molecule has 0 atom stereocenters. The average molecular weight is 164 g/mol. The lowest BCUT2D eigenvalue weighted by Crippen LogP contribution is -1.88. The van der Waals surface area contributed by atoms with Crippen molar-refractivity contribution in [2.75, 3.05) is 0 Å². The fourth-order valence-corrected chi connectivity index (χ4v) is 1.00. The number of aromatic nitrogens is 1. The number of fused-ring (bicyclic) bond motifs is 1. The largest absolute Gasteiger partial charge is 0.455 e. The maximum Gasteiger partial charge on any atom is 0.315 e. The minimum atomic E-state index is -0.493. The summed E-state index contributed by atoms with van der Waals surface area (Å²) in [6.45, 7) is 0. The van der Waals surface area contributed by atoms with Crippen LogP contribution in [0.4, 0.5) is 5.69 Å². The van der Waals surface area contributed by atoms with E-state index in [4.69, 9.17) is 4.42 Å². The number of hydrogen-bond acceptors (Lipinski definition) is 4. The predicted molar refractivity (Wildman–Crippen MR) is 40.7 cm³/mol. The quantitative estimate of drug-likeness (QED) is 0.475. The molecule has 0 N–H and O–H groups in total. The molecular formula is C7H4N2O3. The Morgan fingerprint density at radius 1 is 1.50 bits per heavy atom. The molecule has 60 valence electrons. The van der Waals surface area contributed by atoms with Gasteiger partial charge >= 0.3 is 5.69 Å². The molecule has 2 aromatic heterocycles. The van der Waals surface area contributed by atoms with E-state index in [0.29, 0.717) is 5.52 Å². The molecule has 0 unspecified atom stereocenters. The first-order valence-electron chi connectivity index (χ1n) is 3.25. The molecule has 0 aliphatic carbocycles. The highest BCUT2D eigenvalue weighted by molar-refractivity contribution is 5.81. The normalized spacial score (nSPS) is 10.3. The third kappa shape index (κ3) is 0.833. The topological polar surface area (TPSA) is 69.2 Å². The molecule has 5 nitrogen and oxygen atoms in total. The summed E-state index contributed by atoms with van der Waals surface area (Å²) in [7, 11) is 0. The predicted octanol–water partition coefficient (Wildman–Crippen LogP) is 1.74. The van der Waals surface area contributed by atoms with Crippen LogP contribution in [0.25, 0.3) is 11.1 Å². The van der Waals surface area contributed by atoms with Gasteiger partial charge in [-0.25, -0.2) is 0 Å². The van der Waals surface area contributed by atoms with E-state index in [1.54, 1.807) is 6.07 Å². The molecule has 2 rings (SSSR count). The van der Waals surface area contributed by atoms with Crippen LogP contribution in [-0.4, -0.2) is 9.91 Å². The maximum absolute atomic E-state index is 10.4. The van der Waals surface area contributed by atoms with Crippen molar-refractivity contribution < 1.29 is 9.34 Å². The Kier molecular flexibility index (Phi) is 1.30. The van der Waals surface area contributed by atoms with Crippen LogP contribution in [0.2, 0.25) is 0 Å². The van der Waals surface area contributed by atoms with Gasteiger partial charge in [-0.1, -0.05) is 0 Å². The first-order valence-corrected chi connectivity index (χ1v) is 3.25. The van der Waals surface area contributed by atoms with Crippen LogP contribution in [-0.2, 0) is 0 Å². The summed E-state index contributed by atoms with van der Waals surface area (Å²) in [6.07, 6.45) is 2.76. The fraction of sp³-hybridized carbons (Fsp3) is 0. The van der Waals surface area contributed by atoms with Gasteiger partial charge in [-0.15, -0.1) is 0 Å². The van der Waals surface area contributed by atoms with Crippen LogP contribution in [0.3, 0.4) is 0 Å². The fourth-order valence-electron chi connectivity index (χ4n) is 1.00. The molecular weight excluding hydrogens is 160 g/mol. The smallest absolute Gasteiger partial charge is 0.315 e. The van der Waals surface area contributed by atoms with Gasteiger partial charge < -0.3 is 4.42 Å². The van der Waals surface area contributed by atoms with Crippen LogP contribution < -0.4 is 0 Å². The van der Waals surface area contributed by atoms with Crippen molar-refractivity contribution in [1.82, 2.24) is 4.98 Å². The highest BCUT2D eigenvalue weighted by Gasteiger charge is 2.13.